The van der Waals surface area contributed by atoms with Gasteiger partial charge in [-0.05, 0) is 36.3 Å². The third kappa shape index (κ3) is 4.71. The molecule has 5 heteroatoms. The molecule has 1 aromatic rings. The quantitative estimate of drug-likeness (QED) is 0.899. The summed E-state index contributed by atoms with van der Waals surface area (Å²) >= 11 is 7.66. The summed E-state index contributed by atoms with van der Waals surface area (Å²) in [5.41, 5.74) is 0.720. The number of carbonyl (C=O) groups is 1. The fourth-order valence-electron chi connectivity index (χ4n) is 2.12. The first-order valence-electron chi connectivity index (χ1n) is 6.46. The first kappa shape index (κ1) is 14.7. The molecule has 2 unspecified atom stereocenters. The Morgan fingerprint density at radius 2 is 2.21 bits per heavy atom. The molecule has 2 atom stereocenters. The van der Waals surface area contributed by atoms with Gasteiger partial charge >= 0.3 is 0 Å². The van der Waals surface area contributed by atoms with Crippen LogP contribution < -0.4 is 5.32 Å². The molecular weight excluding hydrogens is 282 g/mol. The van der Waals surface area contributed by atoms with Gasteiger partial charge in [0.05, 0.1) is 12.5 Å². The monoisotopic (exact) mass is 299 g/mol. The fraction of sp³-hybridized carbons (Fsp3) is 0.500. The molecule has 0 bridgehead atoms. The van der Waals surface area contributed by atoms with Gasteiger partial charge in [0.15, 0.2) is 0 Å². The normalized spacial score (nSPS) is 20.8. The third-order valence-electron chi connectivity index (χ3n) is 3.16. The van der Waals surface area contributed by atoms with E-state index in [2.05, 4.69) is 5.32 Å². The summed E-state index contributed by atoms with van der Waals surface area (Å²) < 4.78 is 0. The molecule has 0 spiro atoms. The summed E-state index contributed by atoms with van der Waals surface area (Å²) in [5.74, 6) is 2.07. The third-order valence-corrected chi connectivity index (χ3v) is 4.63. The van der Waals surface area contributed by atoms with Crippen LogP contribution in [0.5, 0.6) is 0 Å². The summed E-state index contributed by atoms with van der Waals surface area (Å²) in [6.45, 7) is 0. The maximum absolute atomic E-state index is 11.9. The van der Waals surface area contributed by atoms with E-state index >= 15 is 0 Å². The van der Waals surface area contributed by atoms with Gasteiger partial charge in [0.25, 0.3) is 0 Å². The van der Waals surface area contributed by atoms with Gasteiger partial charge in [0.2, 0.25) is 5.91 Å². The number of benzene rings is 1. The minimum absolute atomic E-state index is 0.0880. The Hall–Kier alpha value is -0.710. The zero-order valence-electron chi connectivity index (χ0n) is 10.6. The lowest BCUT2D eigenvalue weighted by molar-refractivity contribution is -0.123. The van der Waals surface area contributed by atoms with E-state index in [4.69, 9.17) is 11.6 Å². The van der Waals surface area contributed by atoms with E-state index in [1.54, 1.807) is 24.3 Å². The fourth-order valence-corrected chi connectivity index (χ4v) is 3.32. The SMILES string of the molecule is O=C(CC(O)c1ccc(Cl)cc1)NC1CCCSC1. The highest BCUT2D eigenvalue weighted by molar-refractivity contribution is 7.99. The summed E-state index contributed by atoms with van der Waals surface area (Å²) in [5, 5.41) is 13.6. The topological polar surface area (TPSA) is 49.3 Å². The van der Waals surface area contributed by atoms with E-state index in [1.807, 2.05) is 11.8 Å². The van der Waals surface area contributed by atoms with Gasteiger partial charge in [-0.1, -0.05) is 23.7 Å². The number of carbonyl (C=O) groups excluding carboxylic acids is 1. The van der Waals surface area contributed by atoms with Crippen molar-refractivity contribution >= 4 is 29.3 Å². The molecule has 0 saturated carbocycles. The van der Waals surface area contributed by atoms with Crippen LogP contribution in [0.1, 0.15) is 30.9 Å². The minimum atomic E-state index is -0.770. The van der Waals surface area contributed by atoms with Gasteiger partial charge in [-0.3, -0.25) is 4.79 Å². The van der Waals surface area contributed by atoms with Crippen molar-refractivity contribution in [2.75, 3.05) is 11.5 Å². The van der Waals surface area contributed by atoms with E-state index in [1.165, 1.54) is 5.75 Å². The molecule has 1 aromatic carbocycles. The smallest absolute Gasteiger partial charge is 0.223 e. The van der Waals surface area contributed by atoms with Crippen molar-refractivity contribution in [2.24, 2.45) is 0 Å². The number of hydrogen-bond acceptors (Lipinski definition) is 3. The van der Waals surface area contributed by atoms with Crippen LogP contribution in [0.15, 0.2) is 24.3 Å². The van der Waals surface area contributed by atoms with Crippen LogP contribution in [0.25, 0.3) is 0 Å². The summed E-state index contributed by atoms with van der Waals surface area (Å²) in [6, 6.07) is 7.18. The molecule has 0 aromatic heterocycles. The van der Waals surface area contributed by atoms with Crippen molar-refractivity contribution in [3.05, 3.63) is 34.9 Å². The highest BCUT2D eigenvalue weighted by Crippen LogP contribution is 2.20. The van der Waals surface area contributed by atoms with E-state index in [0.29, 0.717) is 5.02 Å². The van der Waals surface area contributed by atoms with Crippen LogP contribution in [0.4, 0.5) is 0 Å². The Morgan fingerprint density at radius 1 is 1.47 bits per heavy atom. The number of amides is 1. The summed E-state index contributed by atoms with van der Waals surface area (Å²) in [7, 11) is 0. The first-order chi connectivity index (χ1) is 9.15. The van der Waals surface area contributed by atoms with Crippen LogP contribution in [0, 0.1) is 0 Å². The molecule has 0 aliphatic carbocycles. The van der Waals surface area contributed by atoms with Crippen molar-refractivity contribution < 1.29 is 9.90 Å². The van der Waals surface area contributed by atoms with Gasteiger partial charge in [-0.15, -0.1) is 0 Å². The first-order valence-corrected chi connectivity index (χ1v) is 7.99. The zero-order valence-corrected chi connectivity index (χ0v) is 12.2. The second-order valence-corrected chi connectivity index (χ2v) is 6.34. The number of rotatable bonds is 4. The Bertz CT molecular complexity index is 418. The van der Waals surface area contributed by atoms with E-state index in [9.17, 15) is 9.90 Å². The standard InChI is InChI=1S/C14H18ClNO2S/c15-11-5-3-10(4-6-11)13(17)8-14(18)16-12-2-1-7-19-9-12/h3-6,12-13,17H,1-2,7-9H2,(H,16,18). The average Bonchev–Trinajstić information content (AvgIpc) is 2.40. The maximum atomic E-state index is 11.9. The van der Waals surface area contributed by atoms with E-state index in [-0.39, 0.29) is 18.4 Å². The van der Waals surface area contributed by atoms with E-state index in [0.717, 1.165) is 24.2 Å². The number of halogens is 1. The Kier molecular flexibility index (Phi) is 5.55. The van der Waals surface area contributed by atoms with Crippen LogP contribution in [-0.4, -0.2) is 28.6 Å². The molecule has 2 rings (SSSR count). The zero-order chi connectivity index (χ0) is 13.7. The number of thioether (sulfide) groups is 1. The van der Waals surface area contributed by atoms with Crippen molar-refractivity contribution in [3.8, 4) is 0 Å². The van der Waals surface area contributed by atoms with Crippen molar-refractivity contribution in [3.63, 3.8) is 0 Å². The Labute approximate surface area is 122 Å². The average molecular weight is 300 g/mol. The van der Waals surface area contributed by atoms with E-state index < -0.39 is 6.10 Å². The van der Waals surface area contributed by atoms with Crippen molar-refractivity contribution in [1.82, 2.24) is 5.32 Å². The van der Waals surface area contributed by atoms with Crippen LogP contribution in [0.2, 0.25) is 5.02 Å². The molecule has 1 saturated heterocycles. The highest BCUT2D eigenvalue weighted by Gasteiger charge is 2.18. The second-order valence-electron chi connectivity index (χ2n) is 4.75. The number of nitrogens with one attached hydrogen (secondary N) is 1. The highest BCUT2D eigenvalue weighted by atomic mass is 35.5. The number of hydrogen-bond donors (Lipinski definition) is 2. The molecule has 2 N–H and O–H groups in total. The molecule has 1 fully saturated rings. The van der Waals surface area contributed by atoms with Crippen LogP contribution in [0.3, 0.4) is 0 Å². The van der Waals surface area contributed by atoms with Gasteiger partial charge in [0.1, 0.15) is 0 Å². The van der Waals surface area contributed by atoms with Gasteiger partial charge < -0.3 is 10.4 Å². The molecule has 0 radical (unpaired) electrons. The van der Waals surface area contributed by atoms with Crippen LogP contribution in [-0.2, 0) is 4.79 Å². The Morgan fingerprint density at radius 3 is 2.84 bits per heavy atom. The second kappa shape index (κ2) is 7.17. The lowest BCUT2D eigenvalue weighted by Gasteiger charge is -2.23. The molecule has 104 valence electrons. The van der Waals surface area contributed by atoms with Gasteiger partial charge in [-0.2, -0.15) is 11.8 Å². The summed E-state index contributed by atoms with van der Waals surface area (Å²) in [6.07, 6.45) is 1.52. The predicted molar refractivity (Wildman–Crippen MR) is 79.5 cm³/mol. The van der Waals surface area contributed by atoms with Gasteiger partial charge in [-0.25, -0.2) is 0 Å². The molecule has 1 amide bonds. The largest absolute Gasteiger partial charge is 0.388 e. The Balaban J connectivity index is 1.82. The number of aliphatic hydroxyl groups is 1. The summed E-state index contributed by atoms with van der Waals surface area (Å²) in [4.78, 5) is 11.9. The molecule has 1 heterocycles. The molecular formula is C14H18ClNO2S. The molecule has 19 heavy (non-hydrogen) atoms. The molecule has 1 aliphatic rings. The lowest BCUT2D eigenvalue weighted by atomic mass is 10.1. The van der Waals surface area contributed by atoms with Crippen LogP contribution >= 0.6 is 23.4 Å². The predicted octanol–water partition coefficient (Wildman–Crippen LogP) is 2.78. The van der Waals surface area contributed by atoms with Crippen molar-refractivity contribution in [2.45, 2.75) is 31.4 Å². The van der Waals surface area contributed by atoms with Gasteiger partial charge in [0, 0.05) is 16.8 Å². The number of aliphatic hydroxyl groups excluding tert-OH is 1. The van der Waals surface area contributed by atoms with Crippen molar-refractivity contribution in [1.29, 1.82) is 0 Å². The lowest BCUT2D eigenvalue weighted by Crippen LogP contribution is -2.38. The minimum Gasteiger partial charge on any atom is -0.388 e. The molecule has 3 nitrogen and oxygen atoms in total. The maximum Gasteiger partial charge on any atom is 0.223 e. The molecule has 1 aliphatic heterocycles.